The lowest BCUT2D eigenvalue weighted by atomic mass is 9.99. The first-order valence-electron chi connectivity index (χ1n) is 10.3. The van der Waals surface area contributed by atoms with Gasteiger partial charge in [-0.1, -0.05) is 26.0 Å². The third kappa shape index (κ3) is 4.80. The molecule has 1 aromatic carbocycles. The van der Waals surface area contributed by atoms with Gasteiger partial charge in [-0.3, -0.25) is 13.9 Å². The van der Waals surface area contributed by atoms with E-state index in [1.165, 1.54) is 25.9 Å². The molecule has 1 aliphatic rings. The number of aromatic nitrogens is 2. The van der Waals surface area contributed by atoms with Gasteiger partial charge in [0.15, 0.2) is 0 Å². The van der Waals surface area contributed by atoms with Crippen molar-refractivity contribution < 1.29 is 4.79 Å². The number of carbonyl (C=O) groups excluding carboxylic acids is 1. The summed E-state index contributed by atoms with van der Waals surface area (Å²) in [6, 6.07) is 7.69. The van der Waals surface area contributed by atoms with E-state index in [4.69, 9.17) is 0 Å². The Balaban J connectivity index is 1.54. The fourth-order valence-electron chi connectivity index (χ4n) is 3.88. The Morgan fingerprint density at radius 2 is 1.78 bits per heavy atom. The van der Waals surface area contributed by atoms with Crippen molar-refractivity contribution in [3.63, 3.8) is 0 Å². The van der Waals surface area contributed by atoms with Crippen LogP contribution in [0.25, 0.3) is 11.0 Å². The number of para-hydroxylation sites is 2. The summed E-state index contributed by atoms with van der Waals surface area (Å²) >= 11 is 0. The van der Waals surface area contributed by atoms with Gasteiger partial charge in [0.2, 0.25) is 5.91 Å². The highest BCUT2D eigenvalue weighted by Gasteiger charge is 2.16. The molecule has 2 aromatic rings. The van der Waals surface area contributed by atoms with Gasteiger partial charge in [0, 0.05) is 13.1 Å². The Morgan fingerprint density at radius 3 is 2.44 bits per heavy atom. The highest BCUT2D eigenvalue weighted by atomic mass is 16.2. The second kappa shape index (κ2) is 9.22. The van der Waals surface area contributed by atoms with Crippen LogP contribution in [0.3, 0.4) is 0 Å². The number of nitrogens with zero attached hydrogens (tertiary/aromatic N) is 3. The molecule has 3 rings (SSSR count). The number of carbonyl (C=O) groups is 1. The van der Waals surface area contributed by atoms with Gasteiger partial charge < -0.3 is 10.2 Å². The predicted molar refractivity (Wildman–Crippen MR) is 109 cm³/mol. The molecule has 1 aliphatic heterocycles. The van der Waals surface area contributed by atoms with Crippen molar-refractivity contribution in [3.8, 4) is 0 Å². The van der Waals surface area contributed by atoms with Gasteiger partial charge in [0.1, 0.15) is 6.54 Å². The lowest BCUT2D eigenvalue weighted by Crippen LogP contribution is -2.37. The third-order valence-corrected chi connectivity index (χ3v) is 5.52. The lowest BCUT2D eigenvalue weighted by Gasteiger charge is -2.30. The first kappa shape index (κ1) is 19.7. The van der Waals surface area contributed by atoms with Crippen LogP contribution in [0, 0.1) is 5.92 Å². The summed E-state index contributed by atoms with van der Waals surface area (Å²) in [6.45, 7) is 9.14. The Labute approximate surface area is 161 Å². The van der Waals surface area contributed by atoms with Crippen LogP contribution in [0.1, 0.15) is 39.5 Å². The number of piperidine rings is 1. The Hall–Kier alpha value is -2.08. The Morgan fingerprint density at radius 1 is 1.11 bits per heavy atom. The third-order valence-electron chi connectivity index (χ3n) is 5.52. The zero-order valence-corrected chi connectivity index (χ0v) is 16.6. The molecule has 0 atom stereocenters. The van der Waals surface area contributed by atoms with E-state index < -0.39 is 0 Å². The molecule has 0 radical (unpaired) electrons. The molecule has 1 fully saturated rings. The molecule has 2 heterocycles. The highest BCUT2D eigenvalue weighted by Crippen LogP contribution is 2.16. The quantitative estimate of drug-likeness (QED) is 0.724. The van der Waals surface area contributed by atoms with E-state index in [0.29, 0.717) is 13.1 Å². The molecule has 1 saturated heterocycles. The van der Waals surface area contributed by atoms with Crippen molar-refractivity contribution in [2.24, 2.45) is 5.92 Å². The predicted octanol–water partition coefficient (Wildman–Crippen LogP) is 2.45. The zero-order chi connectivity index (χ0) is 19.2. The Kier molecular flexibility index (Phi) is 6.72. The van der Waals surface area contributed by atoms with Gasteiger partial charge in [-0.15, -0.1) is 0 Å². The number of nitrogens with one attached hydrogen (secondary N) is 1. The number of hydrogen-bond donors (Lipinski definition) is 1. The number of benzene rings is 1. The van der Waals surface area contributed by atoms with E-state index >= 15 is 0 Å². The van der Waals surface area contributed by atoms with E-state index in [0.717, 1.165) is 36.3 Å². The molecule has 6 nitrogen and oxygen atoms in total. The zero-order valence-electron chi connectivity index (χ0n) is 16.6. The van der Waals surface area contributed by atoms with Crippen LogP contribution in [-0.2, 0) is 17.9 Å². The normalized spacial score (nSPS) is 16.1. The number of aryl methyl sites for hydroxylation is 1. The number of imidazole rings is 1. The number of rotatable bonds is 8. The van der Waals surface area contributed by atoms with Crippen LogP contribution < -0.4 is 11.0 Å². The molecule has 0 bridgehead atoms. The largest absolute Gasteiger partial charge is 0.354 e. The van der Waals surface area contributed by atoms with Crippen molar-refractivity contribution >= 4 is 16.9 Å². The average molecular weight is 373 g/mol. The van der Waals surface area contributed by atoms with E-state index in [2.05, 4.69) is 17.1 Å². The maximum Gasteiger partial charge on any atom is 0.329 e. The minimum atomic E-state index is -0.101. The van der Waals surface area contributed by atoms with Gasteiger partial charge in [-0.05, 0) is 63.4 Å². The molecule has 148 valence electrons. The fraction of sp³-hybridized carbons (Fsp3) is 0.619. The standard InChI is InChI=1S/C21H32N4O2/c1-3-12-24-18-7-4-5-8-19(18)25(21(24)27)16-20(26)22-11-6-13-23-14-9-17(2)10-15-23/h4-5,7-8,17H,3,6,9-16H2,1-2H3,(H,22,26). The number of amides is 1. The summed E-state index contributed by atoms with van der Waals surface area (Å²) in [5.41, 5.74) is 1.63. The van der Waals surface area contributed by atoms with E-state index in [-0.39, 0.29) is 18.1 Å². The minimum Gasteiger partial charge on any atom is -0.354 e. The number of likely N-dealkylation sites (tertiary alicyclic amines) is 1. The van der Waals surface area contributed by atoms with Crippen molar-refractivity contribution in [3.05, 3.63) is 34.7 Å². The van der Waals surface area contributed by atoms with Crippen LogP contribution >= 0.6 is 0 Å². The molecular formula is C21H32N4O2. The summed E-state index contributed by atoms with van der Waals surface area (Å²) in [7, 11) is 0. The van der Waals surface area contributed by atoms with Gasteiger partial charge in [-0.25, -0.2) is 4.79 Å². The molecule has 6 heteroatoms. The van der Waals surface area contributed by atoms with Crippen LogP contribution in [0.15, 0.2) is 29.1 Å². The van der Waals surface area contributed by atoms with Gasteiger partial charge >= 0.3 is 5.69 Å². The fourth-order valence-corrected chi connectivity index (χ4v) is 3.88. The lowest BCUT2D eigenvalue weighted by molar-refractivity contribution is -0.121. The molecule has 0 spiro atoms. The van der Waals surface area contributed by atoms with E-state index in [1.807, 2.05) is 31.2 Å². The summed E-state index contributed by atoms with van der Waals surface area (Å²) in [4.78, 5) is 27.6. The molecular weight excluding hydrogens is 340 g/mol. The topological polar surface area (TPSA) is 59.3 Å². The van der Waals surface area contributed by atoms with E-state index in [1.54, 1.807) is 9.13 Å². The SMILES string of the molecule is CCCn1c(=O)n(CC(=O)NCCCN2CCC(C)CC2)c2ccccc21. The summed E-state index contributed by atoms with van der Waals surface area (Å²) < 4.78 is 3.35. The molecule has 0 unspecified atom stereocenters. The van der Waals surface area contributed by atoms with Gasteiger partial charge in [-0.2, -0.15) is 0 Å². The van der Waals surface area contributed by atoms with Gasteiger partial charge in [0.25, 0.3) is 0 Å². The smallest absolute Gasteiger partial charge is 0.329 e. The monoisotopic (exact) mass is 372 g/mol. The van der Waals surface area contributed by atoms with E-state index in [9.17, 15) is 9.59 Å². The molecule has 0 saturated carbocycles. The second-order valence-electron chi connectivity index (χ2n) is 7.74. The van der Waals surface area contributed by atoms with Crippen LogP contribution in [-0.4, -0.2) is 46.1 Å². The van der Waals surface area contributed by atoms with Crippen LogP contribution in [0.5, 0.6) is 0 Å². The molecule has 1 N–H and O–H groups in total. The minimum absolute atomic E-state index is 0.0806. The maximum absolute atomic E-state index is 12.7. The molecule has 0 aliphatic carbocycles. The second-order valence-corrected chi connectivity index (χ2v) is 7.74. The first-order chi connectivity index (χ1) is 13.1. The van der Waals surface area contributed by atoms with Gasteiger partial charge in [0.05, 0.1) is 11.0 Å². The average Bonchev–Trinajstić information content (AvgIpc) is 2.93. The Bertz CT molecular complexity index is 815. The first-order valence-corrected chi connectivity index (χ1v) is 10.3. The molecule has 27 heavy (non-hydrogen) atoms. The summed E-state index contributed by atoms with van der Waals surface area (Å²) in [6.07, 6.45) is 4.39. The highest BCUT2D eigenvalue weighted by molar-refractivity contribution is 5.80. The number of hydrogen-bond acceptors (Lipinski definition) is 3. The maximum atomic E-state index is 12.7. The molecule has 1 amide bonds. The van der Waals surface area contributed by atoms with Crippen LogP contribution in [0.2, 0.25) is 0 Å². The number of fused-ring (bicyclic) bond motifs is 1. The van der Waals surface area contributed by atoms with Crippen molar-refractivity contribution in [2.45, 2.75) is 52.6 Å². The summed E-state index contributed by atoms with van der Waals surface area (Å²) in [5, 5.41) is 2.98. The summed E-state index contributed by atoms with van der Waals surface area (Å²) in [5.74, 6) is 0.748. The van der Waals surface area contributed by atoms with Crippen molar-refractivity contribution in [1.82, 2.24) is 19.4 Å². The van der Waals surface area contributed by atoms with Crippen molar-refractivity contribution in [1.29, 1.82) is 0 Å². The molecule has 1 aromatic heterocycles. The van der Waals surface area contributed by atoms with Crippen LogP contribution in [0.4, 0.5) is 0 Å². The van der Waals surface area contributed by atoms with Crippen molar-refractivity contribution in [2.75, 3.05) is 26.2 Å².